The molecule has 0 radical (unpaired) electrons. The van der Waals surface area contributed by atoms with Gasteiger partial charge in [0.15, 0.2) is 0 Å². The summed E-state index contributed by atoms with van der Waals surface area (Å²) in [4.78, 5) is 29.2. The molecule has 0 saturated heterocycles. The zero-order valence-corrected chi connectivity index (χ0v) is 16.5. The van der Waals surface area contributed by atoms with E-state index in [2.05, 4.69) is 5.32 Å². The van der Waals surface area contributed by atoms with E-state index in [0.29, 0.717) is 6.54 Å². The van der Waals surface area contributed by atoms with Crippen LogP contribution in [0.2, 0.25) is 0 Å². The van der Waals surface area contributed by atoms with Crippen LogP contribution < -0.4 is 10.2 Å². The van der Waals surface area contributed by atoms with Crippen molar-refractivity contribution < 1.29 is 22.8 Å². The van der Waals surface area contributed by atoms with E-state index in [1.807, 2.05) is 23.3 Å². The van der Waals surface area contributed by atoms with Crippen LogP contribution >= 0.6 is 11.3 Å². The highest BCUT2D eigenvalue weighted by Crippen LogP contribution is 2.38. The van der Waals surface area contributed by atoms with Gasteiger partial charge >= 0.3 is 6.18 Å². The predicted octanol–water partition coefficient (Wildman–Crippen LogP) is 3.97. The molecule has 1 N–H and O–H groups in total. The number of carbonyl (C=O) groups is 2. The lowest BCUT2D eigenvalue weighted by molar-refractivity contribution is -0.158. The van der Waals surface area contributed by atoms with Crippen molar-refractivity contribution in [1.82, 2.24) is 4.90 Å². The quantitative estimate of drug-likeness (QED) is 0.795. The van der Waals surface area contributed by atoms with Gasteiger partial charge < -0.3 is 5.32 Å². The molecule has 1 aromatic heterocycles. The Kier molecular flexibility index (Phi) is 5.12. The van der Waals surface area contributed by atoms with E-state index in [-0.39, 0.29) is 24.0 Å². The zero-order chi connectivity index (χ0) is 20.8. The number of hydrogen-bond acceptors (Lipinski definition) is 4. The van der Waals surface area contributed by atoms with Crippen LogP contribution in [0.4, 0.5) is 24.5 Å². The standard InChI is InChI=1S/C20H20F3N3O2S/c1-12-13-7-9-29-16(13)6-8-25(12)11-19(28)26-15-5-3-2-4-14(15)24-18(27)10-17(26)20(21,22)23/h2-5,7,9,12,17H,6,8,10-11H2,1H3,(H,24,27)/t12-,17-/m1/s1. The first-order valence-electron chi connectivity index (χ1n) is 9.33. The van der Waals surface area contributed by atoms with Gasteiger partial charge in [-0.25, -0.2) is 0 Å². The fraction of sp³-hybridized carbons (Fsp3) is 0.400. The van der Waals surface area contributed by atoms with Crippen LogP contribution in [0, 0.1) is 0 Å². The molecule has 0 bridgehead atoms. The Bertz CT molecular complexity index is 943. The first-order valence-corrected chi connectivity index (χ1v) is 10.2. The lowest BCUT2D eigenvalue weighted by Gasteiger charge is -2.37. The summed E-state index contributed by atoms with van der Waals surface area (Å²) in [5.74, 6) is -1.42. The molecule has 2 aliphatic rings. The molecule has 2 atom stereocenters. The Hall–Kier alpha value is -2.39. The van der Waals surface area contributed by atoms with Crippen molar-refractivity contribution in [2.75, 3.05) is 23.3 Å². The molecule has 154 valence electrons. The maximum atomic E-state index is 13.8. The van der Waals surface area contributed by atoms with E-state index < -0.39 is 30.5 Å². The fourth-order valence-electron chi connectivity index (χ4n) is 4.02. The van der Waals surface area contributed by atoms with Gasteiger partial charge in [0.2, 0.25) is 11.8 Å². The van der Waals surface area contributed by atoms with Gasteiger partial charge in [-0.05, 0) is 42.5 Å². The number of nitrogens with zero attached hydrogens (tertiary/aromatic N) is 2. The maximum Gasteiger partial charge on any atom is 0.409 e. The summed E-state index contributed by atoms with van der Waals surface area (Å²) in [6, 6.07) is 5.87. The third-order valence-corrected chi connectivity index (χ3v) is 6.51. The molecular formula is C20H20F3N3O2S. The first kappa shape index (κ1) is 19.9. The van der Waals surface area contributed by atoms with E-state index in [4.69, 9.17) is 0 Å². The second-order valence-electron chi connectivity index (χ2n) is 7.29. The molecule has 1 aromatic carbocycles. The van der Waals surface area contributed by atoms with Crippen molar-refractivity contribution in [2.24, 2.45) is 0 Å². The number of benzene rings is 1. The van der Waals surface area contributed by atoms with Crippen LogP contribution in [0.3, 0.4) is 0 Å². The van der Waals surface area contributed by atoms with Crippen LogP contribution in [-0.2, 0) is 16.0 Å². The number of hydrogen-bond donors (Lipinski definition) is 1. The smallest absolute Gasteiger partial charge is 0.324 e. The van der Waals surface area contributed by atoms with Gasteiger partial charge in [-0.1, -0.05) is 12.1 Å². The van der Waals surface area contributed by atoms with E-state index in [1.165, 1.54) is 17.0 Å². The molecule has 0 unspecified atom stereocenters. The normalized spacial score (nSPS) is 22.5. The third kappa shape index (κ3) is 3.76. The molecule has 29 heavy (non-hydrogen) atoms. The molecule has 5 nitrogen and oxygen atoms in total. The number of fused-ring (bicyclic) bond motifs is 2. The van der Waals surface area contributed by atoms with Gasteiger partial charge in [0, 0.05) is 17.5 Å². The Morgan fingerprint density at radius 3 is 2.79 bits per heavy atom. The molecule has 2 aromatic rings. The van der Waals surface area contributed by atoms with Crippen molar-refractivity contribution in [3.05, 3.63) is 46.2 Å². The minimum atomic E-state index is -4.72. The van der Waals surface area contributed by atoms with Crippen molar-refractivity contribution in [3.63, 3.8) is 0 Å². The summed E-state index contributed by atoms with van der Waals surface area (Å²) in [5, 5.41) is 4.48. The van der Waals surface area contributed by atoms with Crippen molar-refractivity contribution in [2.45, 2.75) is 38.0 Å². The van der Waals surface area contributed by atoms with Gasteiger partial charge in [-0.15, -0.1) is 11.3 Å². The van der Waals surface area contributed by atoms with Crippen LogP contribution in [0.1, 0.15) is 29.8 Å². The average molecular weight is 423 g/mol. The molecule has 0 aliphatic carbocycles. The maximum absolute atomic E-state index is 13.8. The monoisotopic (exact) mass is 423 g/mol. The zero-order valence-electron chi connectivity index (χ0n) is 15.7. The molecule has 0 saturated carbocycles. The summed E-state index contributed by atoms with van der Waals surface area (Å²) in [5.41, 5.74) is 1.41. The Balaban J connectivity index is 1.66. The van der Waals surface area contributed by atoms with E-state index in [1.54, 1.807) is 23.5 Å². The fourth-order valence-corrected chi connectivity index (χ4v) is 4.99. The first-order chi connectivity index (χ1) is 13.8. The summed E-state index contributed by atoms with van der Waals surface area (Å²) >= 11 is 1.66. The molecule has 0 fully saturated rings. The third-order valence-electron chi connectivity index (χ3n) is 5.52. The van der Waals surface area contributed by atoms with E-state index in [9.17, 15) is 22.8 Å². The highest BCUT2D eigenvalue weighted by Gasteiger charge is 2.49. The van der Waals surface area contributed by atoms with Crippen LogP contribution in [-0.4, -0.2) is 42.0 Å². The Labute approximate surface area is 170 Å². The van der Waals surface area contributed by atoms with Crippen LogP contribution in [0.15, 0.2) is 35.7 Å². The number of rotatable bonds is 2. The lowest BCUT2D eigenvalue weighted by Crippen LogP contribution is -2.53. The number of thiophene rings is 1. The minimum absolute atomic E-state index is 0.0553. The van der Waals surface area contributed by atoms with Crippen molar-refractivity contribution in [3.8, 4) is 0 Å². The number of nitrogens with one attached hydrogen (secondary N) is 1. The lowest BCUT2D eigenvalue weighted by atomic mass is 10.0. The Morgan fingerprint density at radius 1 is 1.28 bits per heavy atom. The molecule has 9 heteroatoms. The number of alkyl halides is 3. The highest BCUT2D eigenvalue weighted by atomic mass is 32.1. The minimum Gasteiger partial charge on any atom is -0.324 e. The largest absolute Gasteiger partial charge is 0.409 e. The molecule has 2 amide bonds. The summed E-state index contributed by atoms with van der Waals surface area (Å²) in [6.07, 6.45) is -4.78. The van der Waals surface area contributed by atoms with Gasteiger partial charge in [-0.3, -0.25) is 19.4 Å². The van der Waals surface area contributed by atoms with Gasteiger partial charge in [0.05, 0.1) is 24.3 Å². The number of anilines is 2. The van der Waals surface area contributed by atoms with Crippen LogP contribution in [0.25, 0.3) is 0 Å². The number of carbonyl (C=O) groups excluding carboxylic acids is 2. The molecule has 3 heterocycles. The van der Waals surface area contributed by atoms with Crippen LogP contribution in [0.5, 0.6) is 0 Å². The van der Waals surface area contributed by atoms with E-state index >= 15 is 0 Å². The number of para-hydroxylation sites is 2. The second-order valence-corrected chi connectivity index (χ2v) is 8.29. The predicted molar refractivity (Wildman–Crippen MR) is 105 cm³/mol. The number of amides is 2. The SMILES string of the molecule is C[C@@H]1c2ccsc2CCN1CC(=O)N1c2ccccc2NC(=O)C[C@@H]1C(F)(F)F. The molecule has 2 aliphatic heterocycles. The van der Waals surface area contributed by atoms with Gasteiger partial charge in [0.25, 0.3) is 0 Å². The second kappa shape index (κ2) is 7.46. The van der Waals surface area contributed by atoms with Crippen molar-refractivity contribution >= 4 is 34.5 Å². The Morgan fingerprint density at radius 2 is 2.03 bits per heavy atom. The summed E-state index contributed by atoms with van der Waals surface area (Å²) in [6.45, 7) is 2.41. The van der Waals surface area contributed by atoms with Crippen molar-refractivity contribution in [1.29, 1.82) is 0 Å². The van der Waals surface area contributed by atoms with Gasteiger partial charge in [-0.2, -0.15) is 13.2 Å². The summed E-state index contributed by atoms with van der Waals surface area (Å²) in [7, 11) is 0. The number of halogens is 3. The average Bonchev–Trinajstić information content (AvgIpc) is 3.07. The van der Waals surface area contributed by atoms with Gasteiger partial charge in [0.1, 0.15) is 6.04 Å². The highest BCUT2D eigenvalue weighted by molar-refractivity contribution is 7.10. The molecule has 0 spiro atoms. The molecule has 4 rings (SSSR count). The molecular weight excluding hydrogens is 403 g/mol. The summed E-state index contributed by atoms with van der Waals surface area (Å²) < 4.78 is 41.5. The van der Waals surface area contributed by atoms with E-state index in [0.717, 1.165) is 16.9 Å². The topological polar surface area (TPSA) is 52.7 Å².